The van der Waals surface area contributed by atoms with Gasteiger partial charge in [0.25, 0.3) is 0 Å². The van der Waals surface area contributed by atoms with E-state index in [0.717, 1.165) is 17.8 Å². The molecule has 0 aromatic carbocycles. The molecule has 0 saturated carbocycles. The highest BCUT2D eigenvalue weighted by molar-refractivity contribution is 5.90. The number of pyridine rings is 1. The number of anilines is 1. The number of nitrogens with zero attached hydrogens (tertiary/aromatic N) is 1. The SMILES string of the molecule is Cc1cc(NC(=O)C[C@@H](CN)CC(C)C)ccn1. The molecule has 4 heteroatoms. The summed E-state index contributed by atoms with van der Waals surface area (Å²) in [5.74, 6) is 0.846. The number of aromatic nitrogens is 1. The normalized spacial score (nSPS) is 12.5. The summed E-state index contributed by atoms with van der Waals surface area (Å²) in [5.41, 5.74) is 7.39. The number of hydrogen-bond acceptors (Lipinski definition) is 3. The van der Waals surface area contributed by atoms with Gasteiger partial charge in [0.05, 0.1) is 0 Å². The van der Waals surface area contributed by atoms with Crippen molar-refractivity contribution in [3.8, 4) is 0 Å². The third-order valence-electron chi connectivity index (χ3n) is 2.79. The number of carbonyl (C=O) groups is 1. The van der Waals surface area contributed by atoms with E-state index in [1.165, 1.54) is 0 Å². The Hall–Kier alpha value is -1.42. The third kappa shape index (κ3) is 5.27. The van der Waals surface area contributed by atoms with Crippen LogP contribution in [-0.2, 0) is 4.79 Å². The van der Waals surface area contributed by atoms with Crippen molar-refractivity contribution in [2.45, 2.75) is 33.6 Å². The van der Waals surface area contributed by atoms with Crippen molar-refractivity contribution in [3.63, 3.8) is 0 Å². The van der Waals surface area contributed by atoms with Gasteiger partial charge >= 0.3 is 0 Å². The van der Waals surface area contributed by atoms with Crippen LogP contribution in [0.1, 0.15) is 32.4 Å². The Bertz CT molecular complexity index is 390. The van der Waals surface area contributed by atoms with Gasteiger partial charge in [-0.15, -0.1) is 0 Å². The molecule has 1 atom stereocenters. The maximum Gasteiger partial charge on any atom is 0.224 e. The molecule has 1 heterocycles. The van der Waals surface area contributed by atoms with Gasteiger partial charge in [-0.05, 0) is 43.9 Å². The second-order valence-electron chi connectivity index (χ2n) is 5.17. The van der Waals surface area contributed by atoms with E-state index in [0.29, 0.717) is 18.9 Å². The van der Waals surface area contributed by atoms with Crippen LogP contribution in [0.25, 0.3) is 0 Å². The Morgan fingerprint density at radius 2 is 2.22 bits per heavy atom. The van der Waals surface area contributed by atoms with Gasteiger partial charge in [0.15, 0.2) is 0 Å². The van der Waals surface area contributed by atoms with Gasteiger partial charge in [0.2, 0.25) is 5.91 Å². The summed E-state index contributed by atoms with van der Waals surface area (Å²) in [4.78, 5) is 16.0. The average molecular weight is 249 g/mol. The predicted octanol–water partition coefficient (Wildman–Crippen LogP) is 2.34. The van der Waals surface area contributed by atoms with Gasteiger partial charge < -0.3 is 11.1 Å². The van der Waals surface area contributed by atoms with Crippen LogP contribution in [0, 0.1) is 18.8 Å². The van der Waals surface area contributed by atoms with Crippen molar-refractivity contribution < 1.29 is 4.79 Å². The summed E-state index contributed by atoms with van der Waals surface area (Å²) >= 11 is 0. The van der Waals surface area contributed by atoms with Crippen molar-refractivity contribution in [3.05, 3.63) is 24.0 Å². The molecule has 1 rings (SSSR count). The molecule has 0 spiro atoms. The van der Waals surface area contributed by atoms with Gasteiger partial charge in [-0.2, -0.15) is 0 Å². The van der Waals surface area contributed by atoms with Gasteiger partial charge in [-0.25, -0.2) is 0 Å². The van der Waals surface area contributed by atoms with Crippen LogP contribution in [0.4, 0.5) is 5.69 Å². The first-order valence-corrected chi connectivity index (χ1v) is 6.43. The summed E-state index contributed by atoms with van der Waals surface area (Å²) in [6, 6.07) is 3.66. The van der Waals surface area contributed by atoms with Crippen LogP contribution >= 0.6 is 0 Å². The lowest BCUT2D eigenvalue weighted by Gasteiger charge is -2.16. The molecule has 18 heavy (non-hydrogen) atoms. The Labute approximate surface area is 109 Å². The lowest BCUT2D eigenvalue weighted by atomic mass is 9.94. The zero-order valence-corrected chi connectivity index (χ0v) is 11.4. The summed E-state index contributed by atoms with van der Waals surface area (Å²) in [6.45, 7) is 6.75. The standard InChI is InChI=1S/C14H23N3O/c1-10(2)6-12(9-15)8-14(18)17-13-4-5-16-11(3)7-13/h4-5,7,10,12H,6,8-9,15H2,1-3H3,(H,16,17,18)/t12-/m0/s1. The second-order valence-corrected chi connectivity index (χ2v) is 5.17. The van der Waals surface area contributed by atoms with Crippen molar-refractivity contribution in [2.24, 2.45) is 17.6 Å². The lowest BCUT2D eigenvalue weighted by molar-refractivity contribution is -0.117. The molecular weight excluding hydrogens is 226 g/mol. The molecule has 0 radical (unpaired) electrons. The number of carbonyl (C=O) groups excluding carboxylic acids is 1. The van der Waals surface area contributed by atoms with E-state index in [9.17, 15) is 4.79 Å². The molecule has 1 amide bonds. The second kappa shape index (κ2) is 7.11. The van der Waals surface area contributed by atoms with Crippen molar-refractivity contribution in [1.29, 1.82) is 0 Å². The highest BCUT2D eigenvalue weighted by atomic mass is 16.1. The lowest BCUT2D eigenvalue weighted by Crippen LogP contribution is -2.23. The first-order valence-electron chi connectivity index (χ1n) is 6.43. The van der Waals surface area contributed by atoms with Crippen molar-refractivity contribution in [1.82, 2.24) is 4.98 Å². The van der Waals surface area contributed by atoms with E-state index < -0.39 is 0 Å². The van der Waals surface area contributed by atoms with Crippen LogP contribution in [0.2, 0.25) is 0 Å². The number of hydrogen-bond donors (Lipinski definition) is 2. The maximum absolute atomic E-state index is 11.9. The summed E-state index contributed by atoms with van der Waals surface area (Å²) in [5, 5.41) is 2.89. The first-order chi connectivity index (χ1) is 8.51. The Kier molecular flexibility index (Phi) is 5.78. The highest BCUT2D eigenvalue weighted by Crippen LogP contribution is 2.15. The van der Waals surface area contributed by atoms with Crippen LogP contribution < -0.4 is 11.1 Å². The number of aryl methyl sites for hydroxylation is 1. The van der Waals surface area contributed by atoms with Gasteiger partial charge in [-0.3, -0.25) is 9.78 Å². The largest absolute Gasteiger partial charge is 0.330 e. The molecule has 0 saturated heterocycles. The van der Waals surface area contributed by atoms with Crippen LogP contribution in [0.5, 0.6) is 0 Å². The monoisotopic (exact) mass is 249 g/mol. The summed E-state index contributed by atoms with van der Waals surface area (Å²) in [6.07, 6.45) is 3.16. The van der Waals surface area contributed by atoms with E-state index in [4.69, 9.17) is 5.73 Å². The minimum Gasteiger partial charge on any atom is -0.330 e. The number of nitrogens with one attached hydrogen (secondary N) is 1. The highest BCUT2D eigenvalue weighted by Gasteiger charge is 2.14. The average Bonchev–Trinajstić information content (AvgIpc) is 2.27. The van der Waals surface area contributed by atoms with E-state index in [2.05, 4.69) is 24.1 Å². The fourth-order valence-corrected chi connectivity index (χ4v) is 2.03. The molecule has 4 nitrogen and oxygen atoms in total. The molecule has 0 unspecified atom stereocenters. The number of nitrogens with two attached hydrogens (primary N) is 1. The Morgan fingerprint density at radius 3 is 2.78 bits per heavy atom. The van der Waals surface area contributed by atoms with Crippen LogP contribution in [0.15, 0.2) is 18.3 Å². The van der Waals surface area contributed by atoms with E-state index in [1.807, 2.05) is 13.0 Å². The topological polar surface area (TPSA) is 68.0 Å². The predicted molar refractivity (Wildman–Crippen MR) is 74.2 cm³/mol. The minimum atomic E-state index is 0.0247. The quantitative estimate of drug-likeness (QED) is 0.813. The molecule has 0 bridgehead atoms. The van der Waals surface area contributed by atoms with E-state index in [1.54, 1.807) is 12.3 Å². The smallest absolute Gasteiger partial charge is 0.224 e. The molecule has 1 aromatic rings. The fourth-order valence-electron chi connectivity index (χ4n) is 2.03. The van der Waals surface area contributed by atoms with E-state index >= 15 is 0 Å². The van der Waals surface area contributed by atoms with Crippen LogP contribution in [-0.4, -0.2) is 17.4 Å². The van der Waals surface area contributed by atoms with E-state index in [-0.39, 0.29) is 11.8 Å². The molecule has 0 aliphatic carbocycles. The number of rotatable bonds is 6. The summed E-state index contributed by atoms with van der Waals surface area (Å²) < 4.78 is 0. The van der Waals surface area contributed by atoms with Crippen molar-refractivity contribution >= 4 is 11.6 Å². The van der Waals surface area contributed by atoms with Crippen LogP contribution in [0.3, 0.4) is 0 Å². The molecule has 0 aliphatic rings. The molecule has 3 N–H and O–H groups in total. The molecule has 100 valence electrons. The molecular formula is C14H23N3O. The Morgan fingerprint density at radius 1 is 1.50 bits per heavy atom. The molecule has 0 fully saturated rings. The maximum atomic E-state index is 11.9. The molecule has 1 aromatic heterocycles. The minimum absolute atomic E-state index is 0.0247. The fraction of sp³-hybridized carbons (Fsp3) is 0.571. The number of amides is 1. The molecule has 0 aliphatic heterocycles. The van der Waals surface area contributed by atoms with Crippen molar-refractivity contribution in [2.75, 3.05) is 11.9 Å². The summed E-state index contributed by atoms with van der Waals surface area (Å²) in [7, 11) is 0. The first kappa shape index (κ1) is 14.6. The zero-order valence-electron chi connectivity index (χ0n) is 11.4. The van der Waals surface area contributed by atoms with Gasteiger partial charge in [0.1, 0.15) is 0 Å². The zero-order chi connectivity index (χ0) is 13.5. The van der Waals surface area contributed by atoms with Gasteiger partial charge in [0, 0.05) is 24.0 Å². The third-order valence-corrected chi connectivity index (χ3v) is 2.79. The Balaban J connectivity index is 2.50. The van der Waals surface area contributed by atoms with Gasteiger partial charge in [-0.1, -0.05) is 13.8 Å².